The van der Waals surface area contributed by atoms with Crippen molar-refractivity contribution in [3.05, 3.63) is 59.4 Å². The lowest BCUT2D eigenvalue weighted by Gasteiger charge is -2.28. The van der Waals surface area contributed by atoms with Crippen LogP contribution in [0, 0.1) is 5.92 Å². The molecule has 0 amide bonds. The van der Waals surface area contributed by atoms with Gasteiger partial charge in [-0.1, -0.05) is 13.8 Å². The summed E-state index contributed by atoms with van der Waals surface area (Å²) in [6.07, 6.45) is 6.32. The number of carbonyl (C=O) groups is 1. The highest BCUT2D eigenvalue weighted by molar-refractivity contribution is 5.89. The molecular formula is C22H28N6O2. The van der Waals surface area contributed by atoms with Crippen LogP contribution in [0.15, 0.2) is 36.8 Å². The number of nitrogens with zero attached hydrogens (tertiary/aromatic N) is 6. The Kier molecular flexibility index (Phi) is 5.94. The molecule has 30 heavy (non-hydrogen) atoms. The molecule has 8 heteroatoms. The minimum atomic E-state index is -0.334. The highest BCUT2D eigenvalue weighted by Gasteiger charge is 2.29. The van der Waals surface area contributed by atoms with Crippen LogP contribution >= 0.6 is 0 Å². The SMILES string of the molecule is CCOC(=O)c1nn(CC(C)C)c2c1CN(Cc1cccn1-c1ncccn1)CC2. The molecule has 8 nitrogen and oxygen atoms in total. The van der Waals surface area contributed by atoms with E-state index in [2.05, 4.69) is 39.9 Å². The lowest BCUT2D eigenvalue weighted by molar-refractivity contribution is 0.0515. The van der Waals surface area contributed by atoms with Gasteiger partial charge in [0.25, 0.3) is 0 Å². The fourth-order valence-electron chi connectivity index (χ4n) is 3.93. The molecule has 3 aromatic rings. The maximum Gasteiger partial charge on any atom is 0.359 e. The van der Waals surface area contributed by atoms with Gasteiger partial charge in [0.05, 0.1) is 6.61 Å². The Morgan fingerprint density at radius 1 is 1.23 bits per heavy atom. The molecular weight excluding hydrogens is 380 g/mol. The van der Waals surface area contributed by atoms with E-state index >= 15 is 0 Å². The Balaban J connectivity index is 1.58. The van der Waals surface area contributed by atoms with Crippen LogP contribution in [-0.2, 0) is 30.8 Å². The summed E-state index contributed by atoms with van der Waals surface area (Å²) in [7, 11) is 0. The van der Waals surface area contributed by atoms with Crippen molar-refractivity contribution in [2.24, 2.45) is 5.92 Å². The second-order valence-corrected chi connectivity index (χ2v) is 7.95. The van der Waals surface area contributed by atoms with Gasteiger partial charge < -0.3 is 4.74 Å². The van der Waals surface area contributed by atoms with Gasteiger partial charge in [0.2, 0.25) is 5.95 Å². The van der Waals surface area contributed by atoms with Gasteiger partial charge in [0.15, 0.2) is 5.69 Å². The maximum absolute atomic E-state index is 12.5. The van der Waals surface area contributed by atoms with E-state index in [4.69, 9.17) is 4.74 Å². The first kappa shape index (κ1) is 20.3. The van der Waals surface area contributed by atoms with Crippen molar-refractivity contribution >= 4 is 5.97 Å². The molecule has 0 N–H and O–H groups in total. The van der Waals surface area contributed by atoms with E-state index in [0.717, 1.165) is 43.0 Å². The van der Waals surface area contributed by atoms with E-state index < -0.39 is 0 Å². The van der Waals surface area contributed by atoms with Crippen molar-refractivity contribution in [2.75, 3.05) is 13.2 Å². The summed E-state index contributed by atoms with van der Waals surface area (Å²) >= 11 is 0. The van der Waals surface area contributed by atoms with Crippen LogP contribution < -0.4 is 0 Å². The minimum absolute atomic E-state index is 0.334. The lowest BCUT2D eigenvalue weighted by atomic mass is 10.0. The highest BCUT2D eigenvalue weighted by Crippen LogP contribution is 2.26. The number of aromatic nitrogens is 5. The van der Waals surface area contributed by atoms with E-state index in [9.17, 15) is 4.79 Å². The average Bonchev–Trinajstić information content (AvgIpc) is 3.33. The molecule has 0 aliphatic carbocycles. The third-order valence-electron chi connectivity index (χ3n) is 5.21. The fourth-order valence-corrected chi connectivity index (χ4v) is 3.93. The number of hydrogen-bond donors (Lipinski definition) is 0. The third kappa shape index (κ3) is 4.14. The number of fused-ring (bicyclic) bond motifs is 1. The van der Waals surface area contributed by atoms with Crippen LogP contribution in [0.2, 0.25) is 0 Å². The molecule has 0 radical (unpaired) electrons. The van der Waals surface area contributed by atoms with E-state index in [1.165, 1.54) is 0 Å². The molecule has 0 atom stereocenters. The van der Waals surface area contributed by atoms with Crippen LogP contribution in [-0.4, -0.2) is 48.3 Å². The molecule has 3 aromatic heterocycles. The zero-order valence-electron chi connectivity index (χ0n) is 17.8. The van der Waals surface area contributed by atoms with E-state index in [0.29, 0.717) is 30.7 Å². The van der Waals surface area contributed by atoms with Crippen molar-refractivity contribution < 1.29 is 9.53 Å². The number of rotatable bonds is 7. The number of carbonyl (C=O) groups excluding carboxylic acids is 1. The summed E-state index contributed by atoms with van der Waals surface area (Å²) < 4.78 is 9.28. The second kappa shape index (κ2) is 8.79. The Morgan fingerprint density at radius 3 is 2.77 bits per heavy atom. The average molecular weight is 409 g/mol. The Morgan fingerprint density at radius 2 is 2.03 bits per heavy atom. The lowest BCUT2D eigenvalue weighted by Crippen LogP contribution is -2.32. The predicted molar refractivity (Wildman–Crippen MR) is 112 cm³/mol. The summed E-state index contributed by atoms with van der Waals surface area (Å²) in [6, 6.07) is 5.90. The van der Waals surface area contributed by atoms with Crippen LogP contribution in [0.4, 0.5) is 0 Å². The second-order valence-electron chi connectivity index (χ2n) is 7.95. The van der Waals surface area contributed by atoms with Crippen molar-refractivity contribution in [2.45, 2.75) is 46.8 Å². The molecule has 0 fully saturated rings. The first-order chi connectivity index (χ1) is 14.6. The van der Waals surface area contributed by atoms with Gasteiger partial charge in [0.1, 0.15) is 0 Å². The first-order valence-corrected chi connectivity index (χ1v) is 10.5. The van der Waals surface area contributed by atoms with Crippen molar-refractivity contribution in [3.63, 3.8) is 0 Å². The van der Waals surface area contributed by atoms with Gasteiger partial charge in [-0.2, -0.15) is 5.10 Å². The summed E-state index contributed by atoms with van der Waals surface area (Å²) in [4.78, 5) is 23.6. The first-order valence-electron chi connectivity index (χ1n) is 10.5. The fraction of sp³-hybridized carbons (Fsp3) is 0.455. The highest BCUT2D eigenvalue weighted by atomic mass is 16.5. The van der Waals surface area contributed by atoms with Crippen molar-refractivity contribution in [1.82, 2.24) is 29.2 Å². The Labute approximate surface area is 176 Å². The van der Waals surface area contributed by atoms with Gasteiger partial charge >= 0.3 is 5.97 Å². The molecule has 158 valence electrons. The molecule has 0 spiro atoms. The van der Waals surface area contributed by atoms with Gasteiger partial charge in [-0.15, -0.1) is 0 Å². The van der Waals surface area contributed by atoms with Crippen LogP contribution in [0.3, 0.4) is 0 Å². The predicted octanol–water partition coefficient (Wildman–Crippen LogP) is 2.85. The topological polar surface area (TPSA) is 78.1 Å². The summed E-state index contributed by atoms with van der Waals surface area (Å²) in [5.41, 5.74) is 3.72. The zero-order valence-corrected chi connectivity index (χ0v) is 17.8. The monoisotopic (exact) mass is 408 g/mol. The molecule has 1 aliphatic rings. The maximum atomic E-state index is 12.5. The molecule has 0 saturated carbocycles. The van der Waals surface area contributed by atoms with Gasteiger partial charge in [-0.05, 0) is 31.0 Å². The smallest absolute Gasteiger partial charge is 0.359 e. The normalized spacial score (nSPS) is 14.1. The standard InChI is InChI=1S/C22H28N6O2/c1-4-30-21(29)20-18-15-26(12-8-19(18)28(25-20)13-16(2)3)14-17-7-5-11-27(17)22-23-9-6-10-24-22/h5-7,9-11,16H,4,8,12-15H2,1-3H3. The molecule has 0 bridgehead atoms. The Hall–Kier alpha value is -3.00. The Bertz CT molecular complexity index is 1010. The largest absolute Gasteiger partial charge is 0.461 e. The zero-order chi connectivity index (χ0) is 21.1. The minimum Gasteiger partial charge on any atom is -0.461 e. The van der Waals surface area contributed by atoms with Gasteiger partial charge in [0, 0.05) is 68.1 Å². The van der Waals surface area contributed by atoms with E-state index in [1.807, 2.05) is 34.5 Å². The number of hydrogen-bond acceptors (Lipinski definition) is 6. The quantitative estimate of drug-likeness (QED) is 0.560. The molecule has 1 aliphatic heterocycles. The van der Waals surface area contributed by atoms with E-state index in [1.54, 1.807) is 12.4 Å². The molecule has 4 rings (SSSR count). The van der Waals surface area contributed by atoms with E-state index in [-0.39, 0.29) is 5.97 Å². The number of ether oxygens (including phenoxy) is 1. The molecule has 0 saturated heterocycles. The van der Waals surface area contributed by atoms with Crippen LogP contribution in [0.1, 0.15) is 48.2 Å². The molecule has 0 aromatic carbocycles. The van der Waals surface area contributed by atoms with Crippen LogP contribution in [0.25, 0.3) is 5.95 Å². The van der Waals surface area contributed by atoms with Gasteiger partial charge in [-0.25, -0.2) is 14.8 Å². The van der Waals surface area contributed by atoms with Crippen molar-refractivity contribution in [3.8, 4) is 5.95 Å². The summed E-state index contributed by atoms with van der Waals surface area (Å²) in [5.74, 6) is 0.780. The molecule has 0 unspecified atom stereocenters. The van der Waals surface area contributed by atoms with Crippen molar-refractivity contribution in [1.29, 1.82) is 0 Å². The van der Waals surface area contributed by atoms with Crippen LogP contribution in [0.5, 0.6) is 0 Å². The molecule has 4 heterocycles. The van der Waals surface area contributed by atoms with Gasteiger partial charge in [-0.3, -0.25) is 14.1 Å². The summed E-state index contributed by atoms with van der Waals surface area (Å²) in [5, 5.41) is 4.64. The third-order valence-corrected chi connectivity index (χ3v) is 5.21. The number of esters is 1. The summed E-state index contributed by atoms with van der Waals surface area (Å²) in [6.45, 7) is 9.60.